The van der Waals surface area contributed by atoms with Crippen molar-refractivity contribution in [3.8, 4) is 0 Å². The van der Waals surface area contributed by atoms with Gasteiger partial charge < -0.3 is 16.2 Å². The fraction of sp³-hybridized carbons (Fsp3) is 0.500. The van der Waals surface area contributed by atoms with Crippen LogP contribution in [0.4, 0.5) is 0 Å². The first kappa shape index (κ1) is 29.9. The maximum atomic E-state index is 12.2. The number of hydrogen-bond donors (Lipinski definition) is 3. The van der Waals surface area contributed by atoms with E-state index in [1.165, 1.54) is 5.56 Å². The van der Waals surface area contributed by atoms with Gasteiger partial charge in [-0.25, -0.2) is 0 Å². The van der Waals surface area contributed by atoms with Gasteiger partial charge in [-0.1, -0.05) is 13.0 Å². The standard InChI is InChI=1S/C18H29N4O2S.C2H4.K/c1-4-16(13(2)17(19)20-8-5-10-23)22-14(3)18(24)21-9-6-15-7-11-25-12-15;1-2;/h4,7,11-14,16,22H,1,5-6,8-10H2,2-3H3,(H2,19,20)(H,21,24);1-2H2;/q-1;;+1. The Labute approximate surface area is 216 Å². The summed E-state index contributed by atoms with van der Waals surface area (Å²) >= 11 is 1.65. The third-order valence-corrected chi connectivity index (χ3v) is 4.72. The molecule has 1 rings (SSSR count). The average molecular weight is 433 g/mol. The van der Waals surface area contributed by atoms with Crippen LogP contribution >= 0.6 is 11.3 Å². The van der Waals surface area contributed by atoms with E-state index in [-0.39, 0.29) is 81.9 Å². The van der Waals surface area contributed by atoms with Crippen molar-refractivity contribution < 1.29 is 61.3 Å². The molecule has 0 aliphatic carbocycles. The van der Waals surface area contributed by atoms with Crippen LogP contribution in [0.2, 0.25) is 0 Å². The summed E-state index contributed by atoms with van der Waals surface area (Å²) in [5.41, 5.74) is 7.21. The Balaban J connectivity index is 0. The number of carbonyl (C=O) groups is 1. The van der Waals surface area contributed by atoms with Gasteiger partial charge in [0.1, 0.15) is 0 Å². The average Bonchev–Trinajstić information content (AvgIpc) is 3.20. The second kappa shape index (κ2) is 18.7. The van der Waals surface area contributed by atoms with Gasteiger partial charge in [0.25, 0.3) is 0 Å². The minimum absolute atomic E-state index is 0. The Kier molecular flexibility index (Phi) is 19.9. The van der Waals surface area contributed by atoms with Crippen LogP contribution in [0, 0.1) is 5.92 Å². The first-order valence-electron chi connectivity index (χ1n) is 9.04. The topological polar surface area (TPSA) is 103 Å². The summed E-state index contributed by atoms with van der Waals surface area (Å²) in [6.07, 6.45) is 3.03. The Morgan fingerprint density at radius 1 is 1.43 bits per heavy atom. The minimum atomic E-state index is -0.373. The Hall–Kier alpha value is -0.324. The normalized spacial score (nSPS) is 13.9. The number of nitrogens with zero attached hydrogens (tertiary/aromatic N) is 1. The third-order valence-electron chi connectivity index (χ3n) is 3.98. The van der Waals surface area contributed by atoms with E-state index in [9.17, 15) is 9.90 Å². The van der Waals surface area contributed by atoms with E-state index in [2.05, 4.69) is 46.8 Å². The molecule has 3 atom stereocenters. The van der Waals surface area contributed by atoms with Crippen molar-refractivity contribution in [2.45, 2.75) is 38.8 Å². The maximum absolute atomic E-state index is 12.2. The summed E-state index contributed by atoms with van der Waals surface area (Å²) in [7, 11) is 0. The second-order valence-electron chi connectivity index (χ2n) is 5.98. The zero-order valence-electron chi connectivity index (χ0n) is 17.4. The number of aliphatic imine (C=N–C) groups is 1. The van der Waals surface area contributed by atoms with Gasteiger partial charge in [0.05, 0.1) is 11.9 Å². The zero-order chi connectivity index (χ0) is 20.7. The fourth-order valence-corrected chi connectivity index (χ4v) is 3.00. The van der Waals surface area contributed by atoms with E-state index in [0.717, 1.165) is 6.42 Å². The first-order valence-corrected chi connectivity index (χ1v) is 9.99. The monoisotopic (exact) mass is 432 g/mol. The number of hydrogen-bond acceptors (Lipinski definition) is 5. The Morgan fingerprint density at radius 2 is 2.11 bits per heavy atom. The van der Waals surface area contributed by atoms with Crippen LogP contribution in [0.1, 0.15) is 25.8 Å². The molecule has 0 aliphatic rings. The molecular weight excluding hydrogens is 399 g/mol. The van der Waals surface area contributed by atoms with Gasteiger partial charge >= 0.3 is 51.4 Å². The quantitative estimate of drug-likeness (QED) is 0.123. The van der Waals surface area contributed by atoms with Gasteiger partial charge in [-0.3, -0.25) is 15.1 Å². The van der Waals surface area contributed by atoms with E-state index in [0.29, 0.717) is 25.3 Å². The summed E-state index contributed by atoms with van der Waals surface area (Å²) in [6, 6.07) is 1.51. The van der Waals surface area contributed by atoms with Gasteiger partial charge in [-0.15, -0.1) is 26.3 Å². The molecule has 8 heteroatoms. The van der Waals surface area contributed by atoms with Gasteiger partial charge in [0, 0.05) is 25.0 Å². The fourth-order valence-electron chi connectivity index (χ4n) is 2.30. The van der Waals surface area contributed by atoms with Crippen molar-refractivity contribution in [2.24, 2.45) is 16.6 Å². The van der Waals surface area contributed by atoms with Crippen LogP contribution in [-0.4, -0.2) is 43.5 Å². The minimum Gasteiger partial charge on any atom is -0.854 e. The Morgan fingerprint density at radius 3 is 2.64 bits per heavy atom. The molecule has 3 unspecified atom stereocenters. The largest absolute Gasteiger partial charge is 1.00 e. The summed E-state index contributed by atoms with van der Waals surface area (Å²) in [6.45, 7) is 14.4. The molecule has 0 spiro atoms. The van der Waals surface area contributed by atoms with Crippen LogP contribution < -0.4 is 72.9 Å². The predicted octanol–water partition coefficient (Wildman–Crippen LogP) is -1.51. The molecule has 0 fully saturated rings. The van der Waals surface area contributed by atoms with Crippen LogP contribution in [0.5, 0.6) is 0 Å². The van der Waals surface area contributed by atoms with Crippen molar-refractivity contribution in [2.75, 3.05) is 19.7 Å². The molecule has 0 saturated carbocycles. The summed E-state index contributed by atoms with van der Waals surface area (Å²) in [5.74, 6) is 0.303. The predicted molar refractivity (Wildman–Crippen MR) is 114 cm³/mol. The first-order chi connectivity index (χ1) is 13.0. The maximum Gasteiger partial charge on any atom is 1.00 e. The number of amidine groups is 1. The summed E-state index contributed by atoms with van der Waals surface area (Å²) < 4.78 is 0. The van der Waals surface area contributed by atoms with Gasteiger partial charge in [-0.2, -0.15) is 11.3 Å². The molecule has 28 heavy (non-hydrogen) atoms. The Bertz CT molecular complexity index is 567. The molecule has 0 aliphatic heterocycles. The van der Waals surface area contributed by atoms with Gasteiger partial charge in [0.2, 0.25) is 5.91 Å². The zero-order valence-corrected chi connectivity index (χ0v) is 21.4. The SMILES string of the molecule is C=C.C=CC(NC(C)C(=O)NCCc1ccsc1)C(C)C(N)=NCCC[O-].[K+]. The van der Waals surface area contributed by atoms with E-state index >= 15 is 0 Å². The molecule has 1 amide bonds. The van der Waals surface area contributed by atoms with Crippen molar-refractivity contribution >= 4 is 23.1 Å². The number of amides is 1. The molecule has 1 aromatic rings. The molecular formula is C20H33KN4O2S. The van der Waals surface area contributed by atoms with Crippen molar-refractivity contribution in [1.29, 1.82) is 0 Å². The van der Waals surface area contributed by atoms with E-state index in [1.807, 2.05) is 19.2 Å². The van der Waals surface area contributed by atoms with Crippen molar-refractivity contribution in [3.05, 3.63) is 48.2 Å². The van der Waals surface area contributed by atoms with Crippen LogP contribution in [0.15, 0.2) is 47.6 Å². The molecule has 1 aromatic heterocycles. The van der Waals surface area contributed by atoms with E-state index < -0.39 is 0 Å². The smallest absolute Gasteiger partial charge is 0.854 e. The van der Waals surface area contributed by atoms with E-state index in [1.54, 1.807) is 17.4 Å². The molecule has 0 bridgehead atoms. The third kappa shape index (κ3) is 12.3. The number of nitrogens with one attached hydrogen (secondary N) is 2. The number of rotatable bonds is 12. The van der Waals surface area contributed by atoms with Crippen LogP contribution in [0.25, 0.3) is 0 Å². The summed E-state index contributed by atoms with van der Waals surface area (Å²) in [4.78, 5) is 16.4. The van der Waals surface area contributed by atoms with Gasteiger partial charge in [-0.05, 0) is 42.2 Å². The van der Waals surface area contributed by atoms with Crippen molar-refractivity contribution in [1.82, 2.24) is 10.6 Å². The molecule has 6 nitrogen and oxygen atoms in total. The second-order valence-corrected chi connectivity index (χ2v) is 6.76. The molecule has 4 N–H and O–H groups in total. The number of carbonyl (C=O) groups excluding carboxylic acids is 1. The van der Waals surface area contributed by atoms with Crippen LogP contribution in [-0.2, 0) is 11.2 Å². The molecule has 152 valence electrons. The van der Waals surface area contributed by atoms with E-state index in [4.69, 9.17) is 5.73 Å². The molecule has 1 heterocycles. The van der Waals surface area contributed by atoms with Crippen molar-refractivity contribution in [3.63, 3.8) is 0 Å². The summed E-state index contributed by atoms with van der Waals surface area (Å²) in [5, 5.41) is 20.7. The van der Waals surface area contributed by atoms with Gasteiger partial charge in [0.15, 0.2) is 0 Å². The molecule has 0 radical (unpaired) electrons. The number of thiophene rings is 1. The number of nitrogens with two attached hydrogens (primary N) is 1. The van der Waals surface area contributed by atoms with Crippen LogP contribution in [0.3, 0.4) is 0 Å². The molecule has 0 saturated heterocycles. The molecule has 0 aromatic carbocycles.